The van der Waals surface area contributed by atoms with Crippen LogP contribution in [0, 0.1) is 0 Å². The molecule has 0 fully saturated rings. The van der Waals surface area contributed by atoms with Gasteiger partial charge >= 0.3 is 12.1 Å². The third-order valence-electron chi connectivity index (χ3n) is 2.24. The van der Waals surface area contributed by atoms with Gasteiger partial charge in [0.05, 0.1) is 6.61 Å². The third-order valence-corrected chi connectivity index (χ3v) is 2.24. The molecule has 0 aliphatic carbocycles. The minimum absolute atomic E-state index is 0.203. The predicted octanol–water partition coefficient (Wildman–Crippen LogP) is 2.12. The lowest BCUT2D eigenvalue weighted by molar-refractivity contribution is -0.138. The van der Waals surface area contributed by atoms with Gasteiger partial charge < -0.3 is 9.84 Å². The lowest BCUT2D eigenvalue weighted by Gasteiger charge is -2.25. The lowest BCUT2D eigenvalue weighted by atomic mass is 10.2. The molecule has 1 aromatic rings. The van der Waals surface area contributed by atoms with Crippen molar-refractivity contribution >= 4 is 17.7 Å². The molecule has 0 aliphatic rings. The van der Waals surface area contributed by atoms with E-state index >= 15 is 0 Å². The number of carbonyl (C=O) groups excluding carboxylic acids is 1. The molecule has 5 nitrogen and oxygen atoms in total. The van der Waals surface area contributed by atoms with Crippen LogP contribution in [0.3, 0.4) is 0 Å². The van der Waals surface area contributed by atoms with Gasteiger partial charge in [-0.15, -0.1) is 0 Å². The number of amides is 1. The molecular formula is C12H15NO4. The average Bonchev–Trinajstić information content (AvgIpc) is 2.31. The topological polar surface area (TPSA) is 66.8 Å². The Balaban J connectivity index is 3.02. The fraction of sp³-hybridized carbons (Fsp3) is 0.333. The van der Waals surface area contributed by atoms with E-state index < -0.39 is 18.1 Å². The minimum Gasteiger partial charge on any atom is -0.480 e. The Morgan fingerprint density at radius 2 is 1.94 bits per heavy atom. The summed E-state index contributed by atoms with van der Waals surface area (Å²) >= 11 is 0. The number of hydrogen-bond acceptors (Lipinski definition) is 3. The monoisotopic (exact) mass is 237 g/mol. The molecule has 0 bridgehead atoms. The first kappa shape index (κ1) is 13.0. The number of carboxylic acids is 1. The fourth-order valence-corrected chi connectivity index (χ4v) is 1.38. The van der Waals surface area contributed by atoms with Crippen LogP contribution in [0.4, 0.5) is 10.5 Å². The molecule has 0 unspecified atom stereocenters. The van der Waals surface area contributed by atoms with Crippen molar-refractivity contribution in [2.24, 2.45) is 0 Å². The molecule has 92 valence electrons. The van der Waals surface area contributed by atoms with Gasteiger partial charge in [-0.3, -0.25) is 4.90 Å². The van der Waals surface area contributed by atoms with Crippen molar-refractivity contribution in [1.82, 2.24) is 0 Å². The molecule has 1 atom stereocenters. The van der Waals surface area contributed by atoms with Crippen LogP contribution in [0.25, 0.3) is 0 Å². The number of carboxylic acid groups (broad SMARTS) is 1. The van der Waals surface area contributed by atoms with E-state index in [1.165, 1.54) is 6.92 Å². The zero-order valence-electron chi connectivity index (χ0n) is 9.79. The Bertz CT molecular complexity index is 391. The Morgan fingerprint density at radius 3 is 2.41 bits per heavy atom. The molecule has 0 heterocycles. The number of benzene rings is 1. The number of carbonyl (C=O) groups is 2. The molecular weight excluding hydrogens is 222 g/mol. The van der Waals surface area contributed by atoms with Gasteiger partial charge in [0.1, 0.15) is 6.04 Å². The molecule has 0 spiro atoms. The van der Waals surface area contributed by atoms with Crippen molar-refractivity contribution in [3.63, 3.8) is 0 Å². The summed E-state index contributed by atoms with van der Waals surface area (Å²) in [5, 5.41) is 8.98. The van der Waals surface area contributed by atoms with E-state index in [9.17, 15) is 9.59 Å². The van der Waals surface area contributed by atoms with Crippen molar-refractivity contribution < 1.29 is 19.4 Å². The maximum Gasteiger partial charge on any atom is 0.415 e. The van der Waals surface area contributed by atoms with E-state index in [1.807, 2.05) is 0 Å². The minimum atomic E-state index is -1.08. The van der Waals surface area contributed by atoms with Crippen LogP contribution in [0.1, 0.15) is 13.8 Å². The van der Waals surface area contributed by atoms with Crippen LogP contribution in [0.5, 0.6) is 0 Å². The van der Waals surface area contributed by atoms with Gasteiger partial charge in [-0.05, 0) is 26.0 Å². The van der Waals surface area contributed by atoms with Crippen molar-refractivity contribution in [2.45, 2.75) is 19.9 Å². The quantitative estimate of drug-likeness (QED) is 0.871. The Kier molecular flexibility index (Phi) is 4.51. The van der Waals surface area contributed by atoms with Crippen LogP contribution in [-0.4, -0.2) is 29.8 Å². The molecule has 1 amide bonds. The molecule has 1 rings (SSSR count). The lowest BCUT2D eigenvalue weighted by Crippen LogP contribution is -2.43. The number of hydrogen-bond donors (Lipinski definition) is 1. The Morgan fingerprint density at radius 1 is 1.35 bits per heavy atom. The van der Waals surface area contributed by atoms with Crippen molar-refractivity contribution in [3.05, 3.63) is 30.3 Å². The summed E-state index contributed by atoms with van der Waals surface area (Å²) in [6.07, 6.45) is -0.659. The van der Waals surface area contributed by atoms with Gasteiger partial charge in [0.25, 0.3) is 0 Å². The van der Waals surface area contributed by atoms with Crippen molar-refractivity contribution in [2.75, 3.05) is 11.5 Å². The maximum atomic E-state index is 11.7. The third kappa shape index (κ3) is 3.21. The van der Waals surface area contributed by atoms with E-state index in [0.717, 1.165) is 4.90 Å². The zero-order chi connectivity index (χ0) is 12.8. The Hall–Kier alpha value is -2.04. The highest BCUT2D eigenvalue weighted by Crippen LogP contribution is 2.17. The number of aliphatic carboxylic acids is 1. The molecule has 0 aliphatic heterocycles. The summed E-state index contributed by atoms with van der Waals surface area (Å²) < 4.78 is 4.85. The standard InChI is InChI=1S/C12H15NO4/c1-3-17-12(16)13(9(2)11(14)15)10-7-5-4-6-8-10/h4-9H,3H2,1-2H3,(H,14,15)/t9-/m0/s1. The van der Waals surface area contributed by atoms with E-state index in [-0.39, 0.29) is 6.61 Å². The largest absolute Gasteiger partial charge is 0.480 e. The first-order valence-corrected chi connectivity index (χ1v) is 5.31. The van der Waals surface area contributed by atoms with Crippen LogP contribution in [0.15, 0.2) is 30.3 Å². The molecule has 1 aromatic carbocycles. The van der Waals surface area contributed by atoms with E-state index in [4.69, 9.17) is 9.84 Å². The summed E-state index contributed by atoms with van der Waals surface area (Å²) in [4.78, 5) is 23.8. The van der Waals surface area contributed by atoms with Crippen LogP contribution in [0.2, 0.25) is 0 Å². The highest BCUT2D eigenvalue weighted by Gasteiger charge is 2.27. The summed E-state index contributed by atoms with van der Waals surface area (Å²) in [5.41, 5.74) is 0.501. The van der Waals surface area contributed by atoms with E-state index in [1.54, 1.807) is 37.3 Å². The number of rotatable bonds is 4. The van der Waals surface area contributed by atoms with Gasteiger partial charge in [-0.1, -0.05) is 18.2 Å². The van der Waals surface area contributed by atoms with Crippen LogP contribution < -0.4 is 4.90 Å². The van der Waals surface area contributed by atoms with Gasteiger partial charge in [0.15, 0.2) is 0 Å². The first-order valence-electron chi connectivity index (χ1n) is 5.31. The summed E-state index contributed by atoms with van der Waals surface area (Å²) in [5.74, 6) is -1.08. The van der Waals surface area contributed by atoms with Gasteiger partial charge in [0, 0.05) is 5.69 Å². The van der Waals surface area contributed by atoms with Crippen molar-refractivity contribution in [3.8, 4) is 0 Å². The fourth-order valence-electron chi connectivity index (χ4n) is 1.38. The normalized spacial score (nSPS) is 11.6. The molecule has 0 saturated carbocycles. The average molecular weight is 237 g/mol. The zero-order valence-corrected chi connectivity index (χ0v) is 9.79. The van der Waals surface area contributed by atoms with Gasteiger partial charge in [-0.2, -0.15) is 0 Å². The Labute approximate surface area is 99.6 Å². The maximum absolute atomic E-state index is 11.7. The molecule has 0 aromatic heterocycles. The first-order chi connectivity index (χ1) is 8.07. The molecule has 17 heavy (non-hydrogen) atoms. The second-order valence-corrected chi connectivity index (χ2v) is 3.42. The number of anilines is 1. The summed E-state index contributed by atoms with van der Waals surface area (Å²) in [6.45, 7) is 3.31. The van der Waals surface area contributed by atoms with Gasteiger partial charge in [0.2, 0.25) is 0 Å². The summed E-state index contributed by atoms with van der Waals surface area (Å²) in [7, 11) is 0. The smallest absolute Gasteiger partial charge is 0.415 e. The number of nitrogens with zero attached hydrogens (tertiary/aromatic N) is 1. The predicted molar refractivity (Wildman–Crippen MR) is 63.0 cm³/mol. The van der Waals surface area contributed by atoms with E-state index in [2.05, 4.69) is 0 Å². The second-order valence-electron chi connectivity index (χ2n) is 3.42. The second kappa shape index (κ2) is 5.89. The molecule has 0 saturated heterocycles. The SMILES string of the molecule is CCOC(=O)N(c1ccccc1)[C@@H](C)C(=O)O. The molecule has 5 heteroatoms. The van der Waals surface area contributed by atoms with Crippen LogP contribution in [-0.2, 0) is 9.53 Å². The van der Waals surface area contributed by atoms with Crippen LogP contribution >= 0.6 is 0 Å². The highest BCUT2D eigenvalue weighted by atomic mass is 16.6. The van der Waals surface area contributed by atoms with Gasteiger partial charge in [-0.25, -0.2) is 9.59 Å². The summed E-state index contributed by atoms with van der Waals surface area (Å²) in [6, 6.07) is 7.61. The van der Waals surface area contributed by atoms with Crippen molar-refractivity contribution in [1.29, 1.82) is 0 Å². The molecule has 0 radical (unpaired) electrons. The number of ether oxygens (including phenoxy) is 1. The van der Waals surface area contributed by atoms with E-state index in [0.29, 0.717) is 5.69 Å². The number of para-hydroxylation sites is 1. The highest BCUT2D eigenvalue weighted by molar-refractivity contribution is 5.94. The molecule has 1 N–H and O–H groups in total.